The molecule has 0 aliphatic carbocycles. The number of nitro groups is 1. The first-order chi connectivity index (χ1) is 9.47. The lowest BCUT2D eigenvalue weighted by atomic mass is 10.2. The summed E-state index contributed by atoms with van der Waals surface area (Å²) in [5.41, 5.74) is 0.623. The molecule has 0 atom stereocenters. The topological polar surface area (TPSA) is 82.3 Å². The van der Waals surface area contributed by atoms with E-state index in [1.807, 2.05) is 0 Å². The highest BCUT2D eigenvalue weighted by Crippen LogP contribution is 2.23. The number of hydrogen-bond donors (Lipinski definition) is 0. The van der Waals surface area contributed by atoms with E-state index < -0.39 is 10.9 Å². The molecule has 0 amide bonds. The van der Waals surface area contributed by atoms with Crippen LogP contribution in [0.5, 0.6) is 5.75 Å². The Kier molecular flexibility index (Phi) is 3.95. The molecule has 102 valence electrons. The van der Waals surface area contributed by atoms with Crippen LogP contribution in [0.15, 0.2) is 36.5 Å². The highest BCUT2D eigenvalue weighted by Gasteiger charge is 2.13. The smallest absolute Gasteiger partial charge is 0.345 e. The molecule has 2 rings (SSSR count). The van der Waals surface area contributed by atoms with E-state index in [-0.39, 0.29) is 22.2 Å². The molecule has 1 heterocycles. The summed E-state index contributed by atoms with van der Waals surface area (Å²) in [4.78, 5) is 25.8. The fraction of sp³-hybridized carbons (Fsp3) is 0.0769. The van der Waals surface area contributed by atoms with Crippen molar-refractivity contribution in [1.82, 2.24) is 4.98 Å². The third-order valence-electron chi connectivity index (χ3n) is 2.54. The Morgan fingerprint density at radius 2 is 2.10 bits per heavy atom. The van der Waals surface area contributed by atoms with E-state index in [4.69, 9.17) is 16.3 Å². The van der Waals surface area contributed by atoms with Gasteiger partial charge < -0.3 is 4.74 Å². The predicted molar refractivity (Wildman–Crippen MR) is 72.0 cm³/mol. The van der Waals surface area contributed by atoms with Gasteiger partial charge in [-0.2, -0.15) is 0 Å². The van der Waals surface area contributed by atoms with E-state index >= 15 is 0 Å². The number of carbonyl (C=O) groups is 1. The Hall–Kier alpha value is -2.47. The number of halogens is 1. The van der Waals surface area contributed by atoms with Crippen LogP contribution in [0.2, 0.25) is 5.15 Å². The Morgan fingerprint density at radius 1 is 1.35 bits per heavy atom. The van der Waals surface area contributed by atoms with Gasteiger partial charge in [-0.05, 0) is 31.2 Å². The van der Waals surface area contributed by atoms with Gasteiger partial charge in [-0.1, -0.05) is 11.6 Å². The molecule has 0 saturated heterocycles. The van der Waals surface area contributed by atoms with Gasteiger partial charge in [0.2, 0.25) is 0 Å². The van der Waals surface area contributed by atoms with Crippen molar-refractivity contribution >= 4 is 23.3 Å². The lowest BCUT2D eigenvalue weighted by molar-refractivity contribution is -0.385. The summed E-state index contributed by atoms with van der Waals surface area (Å²) in [5, 5.41) is 11.0. The molecule has 0 fully saturated rings. The first-order valence-corrected chi connectivity index (χ1v) is 5.94. The fourth-order valence-electron chi connectivity index (χ4n) is 1.56. The summed E-state index contributed by atoms with van der Waals surface area (Å²) in [6, 6.07) is 7.04. The first-order valence-electron chi connectivity index (χ1n) is 5.56. The van der Waals surface area contributed by atoms with E-state index in [9.17, 15) is 14.9 Å². The van der Waals surface area contributed by atoms with Crippen LogP contribution in [-0.2, 0) is 0 Å². The number of ether oxygens (including phenoxy) is 1. The zero-order valence-corrected chi connectivity index (χ0v) is 11.1. The molecule has 0 unspecified atom stereocenters. The molecule has 20 heavy (non-hydrogen) atoms. The van der Waals surface area contributed by atoms with Crippen molar-refractivity contribution in [3.63, 3.8) is 0 Å². The van der Waals surface area contributed by atoms with Crippen molar-refractivity contribution in [2.75, 3.05) is 0 Å². The molecule has 2 aromatic rings. The minimum absolute atomic E-state index is 0.0297. The van der Waals surface area contributed by atoms with Crippen molar-refractivity contribution in [2.45, 2.75) is 6.92 Å². The second-order valence-corrected chi connectivity index (χ2v) is 4.35. The van der Waals surface area contributed by atoms with Gasteiger partial charge in [0.25, 0.3) is 5.69 Å². The number of pyridine rings is 1. The van der Waals surface area contributed by atoms with Crippen LogP contribution < -0.4 is 4.74 Å². The van der Waals surface area contributed by atoms with Crippen LogP contribution in [-0.4, -0.2) is 15.9 Å². The minimum Gasteiger partial charge on any atom is -0.423 e. The second-order valence-electron chi connectivity index (χ2n) is 3.96. The van der Waals surface area contributed by atoms with E-state index in [1.54, 1.807) is 6.92 Å². The number of aryl methyl sites for hydroxylation is 1. The van der Waals surface area contributed by atoms with E-state index in [1.165, 1.54) is 36.5 Å². The molecule has 0 bridgehead atoms. The van der Waals surface area contributed by atoms with Gasteiger partial charge in [0.1, 0.15) is 10.9 Å². The maximum atomic E-state index is 11.8. The Morgan fingerprint density at radius 3 is 2.65 bits per heavy atom. The lowest BCUT2D eigenvalue weighted by Crippen LogP contribution is -2.09. The van der Waals surface area contributed by atoms with Crippen LogP contribution in [0.3, 0.4) is 0 Å². The molecule has 1 aromatic heterocycles. The largest absolute Gasteiger partial charge is 0.423 e. The molecule has 0 aliphatic heterocycles. The SMILES string of the molecule is Cc1cc(OC(=O)c2ccc(Cl)nc2)ccc1[N+](=O)[O-]. The standard InChI is InChI=1S/C13H9ClN2O4/c1-8-6-10(3-4-11(8)16(18)19)20-13(17)9-2-5-12(14)15-7-9/h2-7H,1H3. The van der Waals surface area contributed by atoms with Gasteiger partial charge in [-0.3, -0.25) is 10.1 Å². The predicted octanol–water partition coefficient (Wildman–Crippen LogP) is 3.17. The molecule has 0 radical (unpaired) electrons. The van der Waals surface area contributed by atoms with Crippen molar-refractivity contribution in [1.29, 1.82) is 0 Å². The number of aromatic nitrogens is 1. The van der Waals surface area contributed by atoms with Crippen LogP contribution in [0, 0.1) is 17.0 Å². The molecular weight excluding hydrogens is 284 g/mol. The van der Waals surface area contributed by atoms with Crippen LogP contribution >= 0.6 is 11.6 Å². The number of carbonyl (C=O) groups excluding carboxylic acids is 1. The quantitative estimate of drug-likeness (QED) is 0.285. The van der Waals surface area contributed by atoms with Gasteiger partial charge in [-0.25, -0.2) is 9.78 Å². The van der Waals surface area contributed by atoms with Crippen LogP contribution in [0.1, 0.15) is 15.9 Å². The maximum absolute atomic E-state index is 11.8. The monoisotopic (exact) mass is 292 g/mol. The summed E-state index contributed by atoms with van der Waals surface area (Å²) < 4.78 is 5.11. The Balaban J connectivity index is 2.18. The summed E-state index contributed by atoms with van der Waals surface area (Å²) in [6.45, 7) is 1.57. The normalized spacial score (nSPS) is 10.1. The summed E-state index contributed by atoms with van der Waals surface area (Å²) in [6.07, 6.45) is 1.29. The fourth-order valence-corrected chi connectivity index (χ4v) is 1.67. The number of rotatable bonds is 3. The summed E-state index contributed by atoms with van der Waals surface area (Å²) in [5.74, 6) is -0.379. The van der Waals surface area contributed by atoms with E-state index in [0.717, 1.165) is 0 Å². The summed E-state index contributed by atoms with van der Waals surface area (Å²) >= 11 is 5.62. The Bertz CT molecular complexity index is 671. The summed E-state index contributed by atoms with van der Waals surface area (Å²) in [7, 11) is 0. The highest BCUT2D eigenvalue weighted by molar-refractivity contribution is 6.29. The van der Waals surface area contributed by atoms with Gasteiger partial charge in [0.15, 0.2) is 0 Å². The van der Waals surface area contributed by atoms with Gasteiger partial charge in [-0.15, -0.1) is 0 Å². The van der Waals surface area contributed by atoms with Crippen LogP contribution in [0.25, 0.3) is 0 Å². The lowest BCUT2D eigenvalue weighted by Gasteiger charge is -2.05. The second kappa shape index (κ2) is 5.66. The van der Waals surface area contributed by atoms with Gasteiger partial charge in [0.05, 0.1) is 10.5 Å². The average molecular weight is 293 g/mol. The number of hydrogen-bond acceptors (Lipinski definition) is 5. The molecule has 0 N–H and O–H groups in total. The average Bonchev–Trinajstić information content (AvgIpc) is 2.39. The maximum Gasteiger partial charge on any atom is 0.345 e. The van der Waals surface area contributed by atoms with E-state index in [2.05, 4.69) is 4.98 Å². The van der Waals surface area contributed by atoms with Crippen molar-refractivity contribution in [2.24, 2.45) is 0 Å². The number of nitrogens with zero attached hydrogens (tertiary/aromatic N) is 2. The zero-order chi connectivity index (χ0) is 14.7. The third kappa shape index (κ3) is 3.10. The van der Waals surface area contributed by atoms with Crippen molar-refractivity contribution < 1.29 is 14.5 Å². The Labute approximate surface area is 119 Å². The van der Waals surface area contributed by atoms with Gasteiger partial charge >= 0.3 is 5.97 Å². The third-order valence-corrected chi connectivity index (χ3v) is 2.76. The van der Waals surface area contributed by atoms with E-state index in [0.29, 0.717) is 5.56 Å². The molecule has 0 aliphatic rings. The van der Waals surface area contributed by atoms with Crippen LogP contribution in [0.4, 0.5) is 5.69 Å². The van der Waals surface area contributed by atoms with Crippen molar-refractivity contribution in [3.8, 4) is 5.75 Å². The zero-order valence-electron chi connectivity index (χ0n) is 10.4. The highest BCUT2D eigenvalue weighted by atomic mass is 35.5. The molecule has 7 heteroatoms. The molecular formula is C13H9ClN2O4. The van der Waals surface area contributed by atoms with Crippen molar-refractivity contribution in [3.05, 3.63) is 62.9 Å². The first kappa shape index (κ1) is 14.0. The molecule has 1 aromatic carbocycles. The molecule has 6 nitrogen and oxygen atoms in total. The number of esters is 1. The van der Waals surface area contributed by atoms with Gasteiger partial charge in [0, 0.05) is 17.8 Å². The molecule has 0 saturated carbocycles. The molecule has 0 spiro atoms. The number of benzene rings is 1. The number of nitro benzene ring substituents is 1. The minimum atomic E-state index is -0.609.